The van der Waals surface area contributed by atoms with Gasteiger partial charge >= 0.3 is 0 Å². The van der Waals surface area contributed by atoms with Gasteiger partial charge < -0.3 is 11.2 Å². The van der Waals surface area contributed by atoms with Gasteiger partial charge in [-0.25, -0.2) is 0 Å². The molecule has 2 rings (SSSR count). The second-order valence-electron chi connectivity index (χ2n) is 3.20. The molecule has 1 nitrogen and oxygen atoms in total. The Hall–Kier alpha value is -0.00610. The maximum atomic E-state index is 4.32. The van der Waals surface area contributed by atoms with E-state index in [0.29, 0.717) is 6.04 Å². The van der Waals surface area contributed by atoms with Crippen LogP contribution in [0.4, 0.5) is 0 Å². The van der Waals surface area contributed by atoms with Crippen molar-refractivity contribution in [1.29, 1.82) is 0 Å². The third-order valence-electron chi connectivity index (χ3n) is 2.32. The van der Waals surface area contributed by atoms with Crippen molar-refractivity contribution in [1.82, 2.24) is 0 Å². The fourth-order valence-corrected chi connectivity index (χ4v) is 1.63. The second kappa shape index (κ2) is 5.02. The molecule has 1 unspecified atom stereocenters. The van der Waals surface area contributed by atoms with Crippen molar-refractivity contribution in [3.63, 3.8) is 0 Å². The summed E-state index contributed by atoms with van der Waals surface area (Å²) < 4.78 is 0. The van der Waals surface area contributed by atoms with E-state index in [1.54, 1.807) is 0 Å². The molecule has 1 atom stereocenters. The zero-order valence-corrected chi connectivity index (χ0v) is 10.7. The Kier molecular flexibility index (Phi) is 4.27. The predicted molar refractivity (Wildman–Crippen MR) is 50.6 cm³/mol. The molecule has 0 aromatic heterocycles. The van der Waals surface area contributed by atoms with Crippen molar-refractivity contribution >= 4 is 6.21 Å². The first-order valence-corrected chi connectivity index (χ1v) is 4.36. The average molecular weight is 247 g/mol. The van der Waals surface area contributed by atoms with Crippen LogP contribution in [-0.2, 0) is 32.7 Å². The molecule has 13 heavy (non-hydrogen) atoms. The number of benzene rings is 1. The van der Waals surface area contributed by atoms with Gasteiger partial charge in [0.15, 0.2) is 0 Å². The van der Waals surface area contributed by atoms with E-state index in [4.69, 9.17) is 0 Å². The van der Waals surface area contributed by atoms with E-state index in [-0.39, 0.29) is 32.7 Å². The van der Waals surface area contributed by atoms with Gasteiger partial charge in [0.1, 0.15) is 0 Å². The number of hydrogen-bond donors (Lipinski definition) is 0. The van der Waals surface area contributed by atoms with Gasteiger partial charge in [-0.15, -0.1) is 0 Å². The van der Waals surface area contributed by atoms with Crippen molar-refractivity contribution in [3.8, 4) is 0 Å². The number of aliphatic imine (C=N–C) groups is 1. The quantitative estimate of drug-likeness (QED) is 0.676. The number of rotatable bonds is 1. The summed E-state index contributed by atoms with van der Waals surface area (Å²) in [6, 6.07) is 8.84. The van der Waals surface area contributed by atoms with Gasteiger partial charge in [0.2, 0.25) is 0 Å². The molecule has 65 valence electrons. The molecular weight excluding hydrogens is 235 g/mol. The van der Waals surface area contributed by atoms with Crippen molar-refractivity contribution in [2.75, 3.05) is 0 Å². The van der Waals surface area contributed by atoms with Crippen LogP contribution in [0.25, 0.3) is 0 Å². The van der Waals surface area contributed by atoms with Crippen molar-refractivity contribution in [2.24, 2.45) is 4.99 Å². The van der Waals surface area contributed by atoms with E-state index in [1.165, 1.54) is 11.1 Å². The summed E-state index contributed by atoms with van der Waals surface area (Å²) in [6.45, 7) is 2.14. The van der Waals surface area contributed by atoms with Gasteiger partial charge in [0.05, 0.1) is 0 Å². The molecule has 1 aromatic rings. The Bertz CT molecular complexity index is 307. The molecule has 0 spiro atoms. The van der Waals surface area contributed by atoms with Crippen molar-refractivity contribution in [3.05, 3.63) is 35.4 Å². The van der Waals surface area contributed by atoms with Crippen LogP contribution >= 0.6 is 0 Å². The molecule has 2 heteroatoms. The SMILES string of the molecule is Cc1ccccc1C1CC[C-]=N1.[Y]. The van der Waals surface area contributed by atoms with Crippen LogP contribution < -0.4 is 0 Å². The summed E-state index contributed by atoms with van der Waals surface area (Å²) in [6.07, 6.45) is 5.17. The minimum atomic E-state index is 0. The van der Waals surface area contributed by atoms with Gasteiger partial charge in [-0.1, -0.05) is 30.7 Å². The molecule has 0 N–H and O–H groups in total. The minimum absolute atomic E-state index is 0. The van der Waals surface area contributed by atoms with E-state index in [9.17, 15) is 0 Å². The van der Waals surface area contributed by atoms with E-state index in [1.807, 2.05) is 0 Å². The maximum absolute atomic E-state index is 4.32. The van der Waals surface area contributed by atoms with Gasteiger partial charge in [-0.3, -0.25) is 0 Å². The normalized spacial score (nSPS) is 19.9. The monoisotopic (exact) mass is 247 g/mol. The minimum Gasteiger partial charge on any atom is -0.497 e. The van der Waals surface area contributed by atoms with Gasteiger partial charge in [-0.05, 0) is 18.1 Å². The molecule has 1 aliphatic rings. The molecule has 0 fully saturated rings. The van der Waals surface area contributed by atoms with Crippen molar-refractivity contribution in [2.45, 2.75) is 25.8 Å². The van der Waals surface area contributed by atoms with Gasteiger partial charge in [-0.2, -0.15) is 6.42 Å². The van der Waals surface area contributed by atoms with E-state index in [2.05, 4.69) is 42.4 Å². The van der Waals surface area contributed by atoms with Crippen LogP contribution in [0.5, 0.6) is 0 Å². The Balaban J connectivity index is 0.000000845. The van der Waals surface area contributed by atoms with Crippen LogP contribution in [0, 0.1) is 6.92 Å². The first-order chi connectivity index (χ1) is 5.88. The summed E-state index contributed by atoms with van der Waals surface area (Å²) in [5, 5.41) is 0. The molecule has 0 saturated heterocycles. The largest absolute Gasteiger partial charge is 0.497 e. The van der Waals surface area contributed by atoms with Crippen LogP contribution in [0.15, 0.2) is 29.3 Å². The average Bonchev–Trinajstić information content (AvgIpc) is 2.57. The van der Waals surface area contributed by atoms with E-state index in [0.717, 1.165) is 12.8 Å². The zero-order valence-electron chi connectivity index (χ0n) is 7.83. The van der Waals surface area contributed by atoms with Crippen LogP contribution in [0.1, 0.15) is 30.0 Å². The van der Waals surface area contributed by atoms with Gasteiger partial charge in [0, 0.05) is 38.8 Å². The topological polar surface area (TPSA) is 12.4 Å². The molecule has 1 heterocycles. The van der Waals surface area contributed by atoms with Crippen molar-refractivity contribution < 1.29 is 32.7 Å². The predicted octanol–water partition coefficient (Wildman–Crippen LogP) is 2.78. The molecule has 0 aliphatic carbocycles. The Morgan fingerprint density at radius 3 is 2.77 bits per heavy atom. The summed E-state index contributed by atoms with van der Waals surface area (Å²) in [7, 11) is 0. The smallest absolute Gasteiger partial charge is 0.0353 e. The summed E-state index contributed by atoms with van der Waals surface area (Å²) in [5.74, 6) is 0. The van der Waals surface area contributed by atoms with E-state index >= 15 is 0 Å². The zero-order chi connectivity index (χ0) is 8.39. The number of nitrogens with zero attached hydrogens (tertiary/aromatic N) is 1. The first kappa shape index (κ1) is 11.1. The molecule has 1 aliphatic heterocycles. The number of hydrogen-bond acceptors (Lipinski definition) is 1. The standard InChI is InChI=1S/C11H12N.Y/c1-9-5-2-3-6-10(9)11-7-4-8-12-11;/h2-3,5-6,11H,4,7H2,1H3;/q-1;. The van der Waals surface area contributed by atoms with Crippen LogP contribution in [0.3, 0.4) is 0 Å². The Morgan fingerprint density at radius 1 is 1.38 bits per heavy atom. The molecule has 0 amide bonds. The fourth-order valence-electron chi connectivity index (χ4n) is 1.63. The molecule has 0 saturated carbocycles. The third kappa shape index (κ3) is 2.48. The third-order valence-corrected chi connectivity index (χ3v) is 2.32. The fraction of sp³-hybridized carbons (Fsp3) is 0.364. The van der Waals surface area contributed by atoms with Gasteiger partial charge in [0.25, 0.3) is 0 Å². The molecule has 1 aromatic carbocycles. The molecule has 1 radical (unpaired) electrons. The Labute approximate surface area is 105 Å². The first-order valence-electron chi connectivity index (χ1n) is 4.36. The maximum Gasteiger partial charge on any atom is 0.0353 e. The Morgan fingerprint density at radius 2 is 2.15 bits per heavy atom. The molecule has 0 bridgehead atoms. The number of aryl methyl sites for hydroxylation is 1. The van der Waals surface area contributed by atoms with E-state index < -0.39 is 0 Å². The second-order valence-corrected chi connectivity index (χ2v) is 3.20. The summed E-state index contributed by atoms with van der Waals surface area (Å²) in [5.41, 5.74) is 2.71. The van der Waals surface area contributed by atoms with Crippen LogP contribution in [0.2, 0.25) is 0 Å². The summed E-state index contributed by atoms with van der Waals surface area (Å²) >= 11 is 0. The molecular formula is C11H12NY-. The summed E-state index contributed by atoms with van der Waals surface area (Å²) in [4.78, 5) is 4.32. The van der Waals surface area contributed by atoms with Crippen LogP contribution in [-0.4, -0.2) is 6.21 Å².